The number of piperazine rings is 1. The van der Waals surface area contributed by atoms with E-state index >= 15 is 0 Å². The van der Waals surface area contributed by atoms with Gasteiger partial charge in [-0.3, -0.25) is 14.7 Å². The van der Waals surface area contributed by atoms with E-state index in [9.17, 15) is 14.3 Å². The number of anilines is 2. The highest BCUT2D eigenvalue weighted by Gasteiger charge is 2.44. The minimum Gasteiger partial charge on any atom is -0.506 e. The molecule has 2 unspecified atom stereocenters. The number of phenolic OH excluding ortho intramolecular Hbond substituents is 1. The zero-order chi connectivity index (χ0) is 27.4. The van der Waals surface area contributed by atoms with Crippen molar-refractivity contribution in [2.24, 2.45) is 4.99 Å². The molecule has 9 nitrogen and oxygen atoms in total. The van der Waals surface area contributed by atoms with Crippen LogP contribution in [0.3, 0.4) is 0 Å². The minimum absolute atomic E-state index is 0.0343. The van der Waals surface area contributed by atoms with Crippen molar-refractivity contribution in [2.45, 2.75) is 45.7 Å². The largest absolute Gasteiger partial charge is 0.506 e. The molecule has 3 atom stereocenters. The average molecular weight is 533 g/mol. The quantitative estimate of drug-likeness (QED) is 0.591. The Labute approximate surface area is 227 Å². The first-order valence-corrected chi connectivity index (χ1v) is 13.4. The number of aromatic nitrogens is 1. The van der Waals surface area contributed by atoms with E-state index in [1.54, 1.807) is 6.20 Å². The molecule has 1 amide bonds. The Bertz CT molecular complexity index is 1390. The van der Waals surface area contributed by atoms with Crippen LogP contribution in [-0.2, 0) is 9.53 Å². The summed E-state index contributed by atoms with van der Waals surface area (Å²) < 4.78 is 21.4. The Morgan fingerprint density at radius 1 is 1.21 bits per heavy atom. The lowest BCUT2D eigenvalue weighted by molar-refractivity contribution is -0.128. The molecule has 204 valence electrons. The summed E-state index contributed by atoms with van der Waals surface area (Å²) in [5, 5.41) is 10.6. The first-order valence-electron chi connectivity index (χ1n) is 13.4. The number of hydrogen-bond donors (Lipinski definition) is 1. The third kappa shape index (κ3) is 4.14. The van der Waals surface area contributed by atoms with Crippen LogP contribution >= 0.6 is 0 Å². The Kier molecular flexibility index (Phi) is 6.29. The highest BCUT2D eigenvalue weighted by Crippen LogP contribution is 2.45. The van der Waals surface area contributed by atoms with Gasteiger partial charge < -0.3 is 24.5 Å². The molecule has 1 saturated heterocycles. The number of amidine groups is 1. The van der Waals surface area contributed by atoms with Gasteiger partial charge in [0.1, 0.15) is 29.2 Å². The van der Waals surface area contributed by atoms with E-state index in [0.29, 0.717) is 39.1 Å². The molecule has 0 saturated carbocycles. The minimum atomic E-state index is -0.613. The molecule has 5 heterocycles. The number of aryl methyl sites for hydroxylation is 1. The molecule has 2 aromatic rings. The second-order valence-electron chi connectivity index (χ2n) is 10.5. The maximum atomic E-state index is 15.0. The zero-order valence-electron chi connectivity index (χ0n) is 22.5. The molecule has 0 aliphatic carbocycles. The summed E-state index contributed by atoms with van der Waals surface area (Å²) in [4.78, 5) is 30.2. The molecular weight excluding hydrogens is 499 g/mol. The number of carbonyl (C=O) groups is 1. The van der Waals surface area contributed by atoms with E-state index in [0.717, 1.165) is 34.1 Å². The first-order chi connectivity index (χ1) is 18.8. The van der Waals surface area contributed by atoms with Crippen LogP contribution in [0, 0.1) is 12.7 Å². The number of aliphatic imine (C=N–C) groups is 1. The van der Waals surface area contributed by atoms with Gasteiger partial charge in [-0.1, -0.05) is 12.6 Å². The smallest absolute Gasteiger partial charge is 0.246 e. The van der Waals surface area contributed by atoms with E-state index in [1.807, 2.05) is 22.8 Å². The van der Waals surface area contributed by atoms with Crippen LogP contribution in [0.5, 0.6) is 5.75 Å². The molecule has 39 heavy (non-hydrogen) atoms. The Morgan fingerprint density at radius 3 is 2.77 bits per heavy atom. The van der Waals surface area contributed by atoms with Crippen LogP contribution in [0.25, 0.3) is 0 Å². The molecular formula is C29H33FN6O3. The van der Waals surface area contributed by atoms with Crippen molar-refractivity contribution in [1.29, 1.82) is 0 Å². The number of phenols is 1. The maximum absolute atomic E-state index is 15.0. The normalized spacial score (nSPS) is 24.6. The van der Waals surface area contributed by atoms with Gasteiger partial charge in [0.15, 0.2) is 0 Å². The van der Waals surface area contributed by atoms with E-state index in [1.165, 1.54) is 24.3 Å². The topological polar surface area (TPSA) is 84.7 Å². The summed E-state index contributed by atoms with van der Waals surface area (Å²) in [6.45, 7) is 12.4. The Hall–Kier alpha value is -3.92. The van der Waals surface area contributed by atoms with E-state index in [2.05, 4.69) is 35.2 Å². The van der Waals surface area contributed by atoms with Crippen molar-refractivity contribution in [3.8, 4) is 5.75 Å². The lowest BCUT2D eigenvalue weighted by Gasteiger charge is -2.50. The lowest BCUT2D eigenvalue weighted by Crippen LogP contribution is -2.59. The van der Waals surface area contributed by atoms with Crippen LogP contribution in [0.1, 0.15) is 37.6 Å². The lowest BCUT2D eigenvalue weighted by atomic mass is 9.96. The molecule has 0 bridgehead atoms. The number of fused-ring (bicyclic) bond motifs is 4. The van der Waals surface area contributed by atoms with Crippen LogP contribution in [0.4, 0.5) is 15.8 Å². The van der Waals surface area contributed by atoms with Gasteiger partial charge in [-0.05, 0) is 57.0 Å². The van der Waals surface area contributed by atoms with Gasteiger partial charge >= 0.3 is 0 Å². The molecule has 1 aromatic heterocycles. The highest BCUT2D eigenvalue weighted by atomic mass is 19.1. The van der Waals surface area contributed by atoms with Gasteiger partial charge in [-0.25, -0.2) is 9.38 Å². The van der Waals surface area contributed by atoms with Crippen molar-refractivity contribution in [1.82, 2.24) is 14.8 Å². The molecule has 10 heteroatoms. The predicted octanol–water partition coefficient (Wildman–Crippen LogP) is 3.71. The number of ether oxygens (including phenoxy) is 1. The summed E-state index contributed by atoms with van der Waals surface area (Å²) >= 11 is 0. The van der Waals surface area contributed by atoms with Crippen molar-refractivity contribution in [2.75, 3.05) is 42.5 Å². The summed E-state index contributed by atoms with van der Waals surface area (Å²) in [7, 11) is 0. The highest BCUT2D eigenvalue weighted by molar-refractivity contribution is 6.02. The van der Waals surface area contributed by atoms with E-state index in [4.69, 9.17) is 9.73 Å². The van der Waals surface area contributed by atoms with Crippen LogP contribution in [0.15, 0.2) is 59.4 Å². The fourth-order valence-electron chi connectivity index (χ4n) is 6.21. The van der Waals surface area contributed by atoms with Gasteiger partial charge in [-0.15, -0.1) is 0 Å². The summed E-state index contributed by atoms with van der Waals surface area (Å²) in [5.74, 6) is 0.247. The molecule has 1 N–H and O–H groups in total. The number of rotatable bonds is 2. The fraction of sp³-hybridized carbons (Fsp3) is 0.414. The molecule has 0 radical (unpaired) electrons. The number of hydrogen-bond acceptors (Lipinski definition) is 8. The molecule has 4 aliphatic rings. The number of amides is 1. The first kappa shape index (κ1) is 25.4. The van der Waals surface area contributed by atoms with Gasteiger partial charge in [0, 0.05) is 49.7 Å². The van der Waals surface area contributed by atoms with Gasteiger partial charge in [0.05, 0.1) is 17.9 Å². The average Bonchev–Trinajstić information content (AvgIpc) is 2.92. The van der Waals surface area contributed by atoms with Crippen LogP contribution in [0.2, 0.25) is 0 Å². The third-order valence-electron chi connectivity index (χ3n) is 8.11. The van der Waals surface area contributed by atoms with Crippen molar-refractivity contribution < 1.29 is 19.0 Å². The predicted molar refractivity (Wildman–Crippen MR) is 147 cm³/mol. The number of halogens is 1. The number of carbonyl (C=O) groups excluding carboxylic acids is 1. The molecule has 4 aliphatic heterocycles. The number of nitrogens with zero attached hydrogens (tertiary/aromatic N) is 6. The summed E-state index contributed by atoms with van der Waals surface area (Å²) in [6.07, 6.45) is 2.88. The number of para-hydroxylation sites is 1. The van der Waals surface area contributed by atoms with Crippen LogP contribution < -0.4 is 9.80 Å². The Balaban J connectivity index is 1.44. The van der Waals surface area contributed by atoms with Gasteiger partial charge in [-0.2, -0.15) is 0 Å². The fourth-order valence-corrected chi connectivity index (χ4v) is 6.21. The van der Waals surface area contributed by atoms with Crippen molar-refractivity contribution >= 4 is 23.1 Å². The summed E-state index contributed by atoms with van der Waals surface area (Å²) in [5.41, 5.74) is 5.09. The number of pyridine rings is 1. The molecule has 0 spiro atoms. The maximum Gasteiger partial charge on any atom is 0.246 e. The summed E-state index contributed by atoms with van der Waals surface area (Å²) in [6, 6.07) is 6.41. The van der Waals surface area contributed by atoms with E-state index in [-0.39, 0.29) is 29.5 Å². The second kappa shape index (κ2) is 9.68. The van der Waals surface area contributed by atoms with Gasteiger partial charge in [0.25, 0.3) is 0 Å². The van der Waals surface area contributed by atoms with Crippen molar-refractivity contribution in [3.05, 3.63) is 71.5 Å². The molecule has 1 aromatic carbocycles. The van der Waals surface area contributed by atoms with Gasteiger partial charge in [0.2, 0.25) is 12.3 Å². The molecule has 6 rings (SSSR count). The van der Waals surface area contributed by atoms with Crippen LogP contribution in [-0.4, -0.2) is 76.8 Å². The SMILES string of the molecule is C=CC(=O)N1CCN(C2=NC3OC(C)c4nccc(C)c4N3C3=C2CCN(c2c(O)cccc2F)C3)[C@@H](C)C1. The standard InChI is InChI=1S/C29H33FN6O3/c1-5-24(38)33-13-14-35(18(3)15-33)28-20-10-12-34(27-21(30)7-6-8-23(27)37)16-22(20)36-26-17(2)9-11-31-25(26)19(4)39-29(36)32-28/h5-9,11,18-19,29,37H,1,10,12-16H2,2-4H3/t18-,19?,29?/m0/s1. The molecule has 1 fully saturated rings. The zero-order valence-corrected chi connectivity index (χ0v) is 22.5. The second-order valence-corrected chi connectivity index (χ2v) is 10.5. The number of benzene rings is 1. The third-order valence-corrected chi connectivity index (χ3v) is 8.11. The number of aromatic hydroxyl groups is 1. The monoisotopic (exact) mass is 532 g/mol. The van der Waals surface area contributed by atoms with Crippen molar-refractivity contribution in [3.63, 3.8) is 0 Å². The Morgan fingerprint density at radius 2 is 2.03 bits per heavy atom. The van der Waals surface area contributed by atoms with E-state index < -0.39 is 12.2 Å².